The summed E-state index contributed by atoms with van der Waals surface area (Å²) in [6, 6.07) is 0. The summed E-state index contributed by atoms with van der Waals surface area (Å²) in [5.74, 6) is 0.576. The lowest BCUT2D eigenvalue weighted by Gasteiger charge is -2.10. The lowest BCUT2D eigenvalue weighted by atomic mass is 10.1. The highest BCUT2D eigenvalue weighted by atomic mass is 35.5. The van der Waals surface area contributed by atoms with E-state index in [1.165, 1.54) is 0 Å². The van der Waals surface area contributed by atoms with E-state index in [-0.39, 0.29) is 0 Å². The first kappa shape index (κ1) is 11.5. The van der Waals surface area contributed by atoms with Gasteiger partial charge in [0, 0.05) is 7.05 Å². The van der Waals surface area contributed by atoms with Crippen molar-refractivity contribution in [2.24, 2.45) is 13.0 Å². The summed E-state index contributed by atoms with van der Waals surface area (Å²) in [6.07, 6.45) is 0.969. The third-order valence-corrected chi connectivity index (χ3v) is 2.85. The maximum Gasteiger partial charge on any atom is 0.0847 e. The summed E-state index contributed by atoms with van der Waals surface area (Å²) in [4.78, 5) is 0. The smallest absolute Gasteiger partial charge is 0.0847 e. The Labute approximate surface area is 90.4 Å². The molecule has 1 aromatic heterocycles. The highest BCUT2D eigenvalue weighted by molar-refractivity contribution is 6.31. The minimum absolute atomic E-state index is 0.576. The van der Waals surface area contributed by atoms with E-state index in [1.54, 1.807) is 0 Å². The molecular formula is C10H18ClN3. The van der Waals surface area contributed by atoms with Gasteiger partial charge in [-0.05, 0) is 32.9 Å². The summed E-state index contributed by atoms with van der Waals surface area (Å²) in [7, 11) is 3.91. The monoisotopic (exact) mass is 215 g/mol. The van der Waals surface area contributed by atoms with Crippen LogP contribution in [0, 0.1) is 12.8 Å². The molecule has 1 N–H and O–H groups in total. The zero-order valence-corrected chi connectivity index (χ0v) is 10.0. The van der Waals surface area contributed by atoms with Gasteiger partial charge in [0.05, 0.1) is 16.4 Å². The van der Waals surface area contributed by atoms with Crippen molar-refractivity contribution in [3.05, 3.63) is 16.4 Å². The number of nitrogens with one attached hydrogen (secondary N) is 1. The van der Waals surface area contributed by atoms with E-state index in [4.69, 9.17) is 11.6 Å². The second-order valence-electron chi connectivity index (χ2n) is 3.84. The van der Waals surface area contributed by atoms with Crippen LogP contribution < -0.4 is 5.32 Å². The van der Waals surface area contributed by atoms with Gasteiger partial charge in [-0.25, -0.2) is 0 Å². The second-order valence-corrected chi connectivity index (χ2v) is 4.21. The van der Waals surface area contributed by atoms with Crippen molar-refractivity contribution >= 4 is 11.6 Å². The lowest BCUT2D eigenvalue weighted by Crippen LogP contribution is -2.19. The van der Waals surface area contributed by atoms with Crippen molar-refractivity contribution in [3.8, 4) is 0 Å². The van der Waals surface area contributed by atoms with Crippen molar-refractivity contribution in [1.82, 2.24) is 15.1 Å². The number of rotatable bonds is 4. The van der Waals surface area contributed by atoms with E-state index in [0.717, 1.165) is 29.4 Å². The Kier molecular flexibility index (Phi) is 3.96. The van der Waals surface area contributed by atoms with Crippen LogP contribution in [-0.4, -0.2) is 23.4 Å². The maximum absolute atomic E-state index is 6.15. The summed E-state index contributed by atoms with van der Waals surface area (Å²) in [5.41, 5.74) is 2.05. The molecule has 0 aliphatic carbocycles. The molecule has 0 saturated heterocycles. The Morgan fingerprint density at radius 1 is 1.57 bits per heavy atom. The third kappa shape index (κ3) is 2.49. The molecule has 80 valence electrons. The number of halogens is 1. The molecule has 1 rings (SSSR count). The van der Waals surface area contributed by atoms with Crippen LogP contribution in [0.4, 0.5) is 0 Å². The topological polar surface area (TPSA) is 29.9 Å². The van der Waals surface area contributed by atoms with Gasteiger partial charge in [-0.2, -0.15) is 5.10 Å². The van der Waals surface area contributed by atoms with Crippen molar-refractivity contribution in [3.63, 3.8) is 0 Å². The molecule has 1 heterocycles. The maximum atomic E-state index is 6.15. The molecular weight excluding hydrogens is 198 g/mol. The van der Waals surface area contributed by atoms with E-state index >= 15 is 0 Å². The van der Waals surface area contributed by atoms with Gasteiger partial charge in [0.15, 0.2) is 0 Å². The standard InChI is InChI=1S/C10H18ClN3/c1-7(6-12-3)5-9-10(11)8(2)13-14(9)4/h7,12H,5-6H2,1-4H3. The second kappa shape index (κ2) is 4.80. The van der Waals surface area contributed by atoms with Crippen LogP contribution >= 0.6 is 11.6 Å². The highest BCUT2D eigenvalue weighted by Gasteiger charge is 2.13. The number of aryl methyl sites for hydroxylation is 2. The number of hydrogen-bond donors (Lipinski definition) is 1. The van der Waals surface area contributed by atoms with Gasteiger partial charge in [0.2, 0.25) is 0 Å². The Morgan fingerprint density at radius 3 is 2.64 bits per heavy atom. The highest BCUT2D eigenvalue weighted by Crippen LogP contribution is 2.21. The van der Waals surface area contributed by atoms with Crippen molar-refractivity contribution in [1.29, 1.82) is 0 Å². The predicted octanol–water partition coefficient (Wildman–Crippen LogP) is 1.78. The molecule has 0 spiro atoms. The van der Waals surface area contributed by atoms with E-state index in [0.29, 0.717) is 5.92 Å². The summed E-state index contributed by atoms with van der Waals surface area (Å²) in [5, 5.41) is 8.26. The van der Waals surface area contributed by atoms with Crippen molar-refractivity contribution < 1.29 is 0 Å². The van der Waals surface area contributed by atoms with E-state index in [9.17, 15) is 0 Å². The van der Waals surface area contributed by atoms with Crippen LogP contribution in [0.15, 0.2) is 0 Å². The van der Waals surface area contributed by atoms with E-state index < -0.39 is 0 Å². The first-order chi connectivity index (χ1) is 6.56. The average Bonchev–Trinajstić information content (AvgIpc) is 2.33. The normalized spacial score (nSPS) is 13.2. The number of aromatic nitrogens is 2. The Morgan fingerprint density at radius 2 is 2.21 bits per heavy atom. The molecule has 0 aliphatic rings. The number of nitrogens with zero attached hydrogens (tertiary/aromatic N) is 2. The molecule has 0 aromatic carbocycles. The first-order valence-electron chi connectivity index (χ1n) is 4.88. The summed E-state index contributed by atoms with van der Waals surface area (Å²) >= 11 is 6.15. The van der Waals surface area contributed by atoms with Crippen LogP contribution in [0.25, 0.3) is 0 Å². The molecule has 0 fully saturated rings. The minimum Gasteiger partial charge on any atom is -0.319 e. The molecule has 0 aliphatic heterocycles. The zero-order chi connectivity index (χ0) is 10.7. The van der Waals surface area contributed by atoms with Crippen LogP contribution in [0.1, 0.15) is 18.3 Å². The first-order valence-corrected chi connectivity index (χ1v) is 5.26. The molecule has 1 aromatic rings. The largest absolute Gasteiger partial charge is 0.319 e. The van der Waals surface area contributed by atoms with Crippen molar-refractivity contribution in [2.45, 2.75) is 20.3 Å². The molecule has 0 radical (unpaired) electrons. The van der Waals surface area contributed by atoms with Crippen LogP contribution in [0.3, 0.4) is 0 Å². The SMILES string of the molecule is CNCC(C)Cc1c(Cl)c(C)nn1C. The van der Waals surface area contributed by atoms with Gasteiger partial charge >= 0.3 is 0 Å². The zero-order valence-electron chi connectivity index (χ0n) is 9.26. The fourth-order valence-corrected chi connectivity index (χ4v) is 1.89. The van der Waals surface area contributed by atoms with Crippen LogP contribution in [0.5, 0.6) is 0 Å². The van der Waals surface area contributed by atoms with E-state index in [1.807, 2.05) is 25.7 Å². The quantitative estimate of drug-likeness (QED) is 0.830. The summed E-state index contributed by atoms with van der Waals surface area (Å²) < 4.78 is 1.88. The Bertz CT molecular complexity index is 307. The molecule has 0 amide bonds. The van der Waals surface area contributed by atoms with Crippen LogP contribution in [0.2, 0.25) is 5.02 Å². The molecule has 1 unspecified atom stereocenters. The summed E-state index contributed by atoms with van der Waals surface area (Å²) in [6.45, 7) is 5.14. The van der Waals surface area contributed by atoms with Gasteiger partial charge in [-0.15, -0.1) is 0 Å². The van der Waals surface area contributed by atoms with Gasteiger partial charge in [0.1, 0.15) is 0 Å². The lowest BCUT2D eigenvalue weighted by molar-refractivity contribution is 0.520. The predicted molar refractivity (Wildman–Crippen MR) is 59.7 cm³/mol. The average molecular weight is 216 g/mol. The van der Waals surface area contributed by atoms with Gasteiger partial charge in [-0.1, -0.05) is 18.5 Å². The molecule has 3 nitrogen and oxygen atoms in total. The van der Waals surface area contributed by atoms with E-state index in [2.05, 4.69) is 17.3 Å². The molecule has 0 bridgehead atoms. The molecule has 0 saturated carbocycles. The van der Waals surface area contributed by atoms with Gasteiger partial charge in [0.25, 0.3) is 0 Å². The molecule has 1 atom stereocenters. The number of hydrogen-bond acceptors (Lipinski definition) is 2. The third-order valence-electron chi connectivity index (χ3n) is 2.36. The minimum atomic E-state index is 0.576. The van der Waals surface area contributed by atoms with Crippen LogP contribution in [-0.2, 0) is 13.5 Å². The van der Waals surface area contributed by atoms with Gasteiger partial charge in [-0.3, -0.25) is 4.68 Å². The molecule has 14 heavy (non-hydrogen) atoms. The molecule has 4 heteroatoms. The Hall–Kier alpha value is -0.540. The fourth-order valence-electron chi connectivity index (χ4n) is 1.65. The van der Waals surface area contributed by atoms with Gasteiger partial charge < -0.3 is 5.32 Å². The Balaban J connectivity index is 2.75. The fraction of sp³-hybridized carbons (Fsp3) is 0.700. The van der Waals surface area contributed by atoms with Crippen molar-refractivity contribution in [2.75, 3.05) is 13.6 Å².